The fourth-order valence-corrected chi connectivity index (χ4v) is 1.37. The minimum absolute atomic E-state index is 0.146. The van der Waals surface area contributed by atoms with Crippen molar-refractivity contribution in [1.82, 2.24) is 9.78 Å². The Hall–Kier alpha value is -1.38. The Morgan fingerprint density at radius 3 is 3.00 bits per heavy atom. The molecule has 0 N–H and O–H groups in total. The van der Waals surface area contributed by atoms with E-state index in [1.165, 1.54) is 0 Å². The Balaban J connectivity index is 2.82. The minimum Gasteiger partial charge on any atom is -0.292 e. The van der Waals surface area contributed by atoms with Crippen LogP contribution in [0, 0.1) is 6.92 Å². The highest BCUT2D eigenvalue weighted by Gasteiger charge is 2.11. The third kappa shape index (κ3) is 2.31. The van der Waals surface area contributed by atoms with Crippen LogP contribution >= 0.6 is 0 Å². The van der Waals surface area contributed by atoms with Crippen molar-refractivity contribution in [3.05, 3.63) is 30.1 Å². The first-order valence-corrected chi connectivity index (χ1v) is 4.87. The fraction of sp³-hybridized carbons (Fsp3) is 0.455. The van der Waals surface area contributed by atoms with Crippen molar-refractivity contribution in [2.45, 2.75) is 33.2 Å². The number of nitrogens with zero attached hydrogens (tertiary/aromatic N) is 2. The molecule has 0 fully saturated rings. The van der Waals surface area contributed by atoms with Gasteiger partial charge in [0.05, 0.1) is 5.69 Å². The number of allylic oxidation sites excluding steroid dienone is 1. The molecule has 14 heavy (non-hydrogen) atoms. The molecule has 0 atom stereocenters. The molecule has 1 rings (SSSR count). The zero-order valence-corrected chi connectivity index (χ0v) is 8.79. The summed E-state index contributed by atoms with van der Waals surface area (Å²) in [4.78, 5) is 11.7. The molecule has 0 aliphatic rings. The van der Waals surface area contributed by atoms with Gasteiger partial charge in [0, 0.05) is 13.0 Å². The highest BCUT2D eigenvalue weighted by atomic mass is 16.1. The number of aryl methyl sites for hydroxylation is 2. The van der Waals surface area contributed by atoms with Crippen molar-refractivity contribution in [2.24, 2.45) is 0 Å². The lowest BCUT2D eigenvalue weighted by atomic mass is 10.1. The molecule has 3 heteroatoms. The second-order valence-corrected chi connectivity index (χ2v) is 3.24. The normalized spacial score (nSPS) is 10.1. The second-order valence-electron chi connectivity index (χ2n) is 3.24. The lowest BCUT2D eigenvalue weighted by Crippen LogP contribution is -2.08. The summed E-state index contributed by atoms with van der Waals surface area (Å²) in [5.41, 5.74) is 1.61. The van der Waals surface area contributed by atoms with Gasteiger partial charge in [0.1, 0.15) is 5.69 Å². The van der Waals surface area contributed by atoms with Gasteiger partial charge in [-0.05, 0) is 26.3 Å². The molecule has 0 aliphatic heterocycles. The number of Topliss-reactive ketones (excluding diaryl/α,β-unsaturated/α-hetero) is 1. The molecule has 0 spiro atoms. The molecule has 0 bridgehead atoms. The van der Waals surface area contributed by atoms with Crippen LogP contribution < -0.4 is 0 Å². The summed E-state index contributed by atoms with van der Waals surface area (Å²) in [6, 6.07) is 1.84. The highest BCUT2D eigenvalue weighted by molar-refractivity contribution is 5.94. The van der Waals surface area contributed by atoms with Crippen molar-refractivity contribution < 1.29 is 4.79 Å². The predicted octanol–water partition coefficient (Wildman–Crippen LogP) is 2.36. The first-order valence-electron chi connectivity index (χ1n) is 4.87. The number of aromatic nitrogens is 2. The van der Waals surface area contributed by atoms with E-state index in [-0.39, 0.29) is 5.78 Å². The van der Waals surface area contributed by atoms with Gasteiger partial charge < -0.3 is 0 Å². The van der Waals surface area contributed by atoms with E-state index >= 15 is 0 Å². The standard InChI is InChI=1S/C11H16N2O/c1-4-6-7-11(14)10-8-9(3)12-13(10)5-2/h4,8H,1,5-7H2,2-3H3. The van der Waals surface area contributed by atoms with Gasteiger partial charge in [-0.25, -0.2) is 0 Å². The van der Waals surface area contributed by atoms with Crippen LogP contribution in [0.15, 0.2) is 18.7 Å². The third-order valence-electron chi connectivity index (χ3n) is 2.06. The molecule has 1 aromatic heterocycles. The summed E-state index contributed by atoms with van der Waals surface area (Å²) in [7, 11) is 0. The third-order valence-corrected chi connectivity index (χ3v) is 2.06. The number of hydrogen-bond donors (Lipinski definition) is 0. The van der Waals surface area contributed by atoms with Gasteiger partial charge in [0.15, 0.2) is 5.78 Å². The molecule has 76 valence electrons. The SMILES string of the molecule is C=CCCC(=O)c1cc(C)nn1CC. The predicted molar refractivity (Wildman–Crippen MR) is 56.4 cm³/mol. The second kappa shape index (κ2) is 4.74. The molecule has 3 nitrogen and oxygen atoms in total. The van der Waals surface area contributed by atoms with E-state index in [1.54, 1.807) is 10.8 Å². The smallest absolute Gasteiger partial charge is 0.181 e. The minimum atomic E-state index is 0.146. The molecule has 0 saturated heterocycles. The Morgan fingerprint density at radius 2 is 2.43 bits per heavy atom. The lowest BCUT2D eigenvalue weighted by molar-refractivity contribution is 0.0973. The van der Waals surface area contributed by atoms with Gasteiger partial charge >= 0.3 is 0 Å². The molecule has 0 unspecified atom stereocenters. The number of rotatable bonds is 5. The number of ketones is 1. The van der Waals surface area contributed by atoms with Crippen molar-refractivity contribution in [3.8, 4) is 0 Å². The fourth-order valence-electron chi connectivity index (χ4n) is 1.37. The summed E-state index contributed by atoms with van der Waals surface area (Å²) in [5.74, 6) is 0.146. The van der Waals surface area contributed by atoms with E-state index in [4.69, 9.17) is 0 Å². The van der Waals surface area contributed by atoms with Crippen LogP contribution in [0.2, 0.25) is 0 Å². The van der Waals surface area contributed by atoms with E-state index in [0.717, 1.165) is 18.7 Å². The summed E-state index contributed by atoms with van der Waals surface area (Å²) in [5, 5.41) is 4.23. The largest absolute Gasteiger partial charge is 0.292 e. The molecule has 1 aromatic rings. The van der Waals surface area contributed by atoms with Crippen molar-refractivity contribution in [2.75, 3.05) is 0 Å². The Morgan fingerprint density at radius 1 is 1.71 bits per heavy atom. The Bertz CT molecular complexity index is 339. The molecular weight excluding hydrogens is 176 g/mol. The van der Waals surface area contributed by atoms with E-state index in [2.05, 4.69) is 11.7 Å². The van der Waals surface area contributed by atoms with Gasteiger partial charge in [0.25, 0.3) is 0 Å². The first kappa shape index (κ1) is 10.7. The van der Waals surface area contributed by atoms with E-state index in [1.807, 2.05) is 19.9 Å². The van der Waals surface area contributed by atoms with Crippen molar-refractivity contribution >= 4 is 5.78 Å². The zero-order chi connectivity index (χ0) is 10.6. The Labute approximate surface area is 84.4 Å². The van der Waals surface area contributed by atoms with Crippen molar-refractivity contribution in [1.29, 1.82) is 0 Å². The monoisotopic (exact) mass is 192 g/mol. The van der Waals surface area contributed by atoms with Gasteiger partial charge in [-0.3, -0.25) is 9.48 Å². The highest BCUT2D eigenvalue weighted by Crippen LogP contribution is 2.08. The van der Waals surface area contributed by atoms with Crippen LogP contribution in [-0.4, -0.2) is 15.6 Å². The van der Waals surface area contributed by atoms with E-state index in [0.29, 0.717) is 12.1 Å². The van der Waals surface area contributed by atoms with Crippen LogP contribution in [0.5, 0.6) is 0 Å². The molecular formula is C11H16N2O. The summed E-state index contributed by atoms with van der Waals surface area (Å²) in [6.07, 6.45) is 3.01. The van der Waals surface area contributed by atoms with Crippen molar-refractivity contribution in [3.63, 3.8) is 0 Å². The van der Waals surface area contributed by atoms with Gasteiger partial charge in [0.2, 0.25) is 0 Å². The van der Waals surface area contributed by atoms with Crippen LogP contribution in [0.3, 0.4) is 0 Å². The quantitative estimate of drug-likeness (QED) is 0.530. The molecule has 0 aromatic carbocycles. The van der Waals surface area contributed by atoms with E-state index in [9.17, 15) is 4.79 Å². The topological polar surface area (TPSA) is 34.9 Å². The maximum Gasteiger partial charge on any atom is 0.181 e. The summed E-state index contributed by atoms with van der Waals surface area (Å²) < 4.78 is 1.75. The number of carbonyl (C=O) groups excluding carboxylic acids is 1. The maximum atomic E-state index is 11.7. The zero-order valence-electron chi connectivity index (χ0n) is 8.79. The average molecular weight is 192 g/mol. The van der Waals surface area contributed by atoms with Crippen LogP contribution in [0.4, 0.5) is 0 Å². The van der Waals surface area contributed by atoms with Crippen LogP contribution in [-0.2, 0) is 6.54 Å². The molecule has 1 heterocycles. The molecule has 0 amide bonds. The van der Waals surface area contributed by atoms with Crippen LogP contribution in [0.1, 0.15) is 35.9 Å². The molecule has 0 aliphatic carbocycles. The molecule has 0 radical (unpaired) electrons. The van der Waals surface area contributed by atoms with Crippen LogP contribution in [0.25, 0.3) is 0 Å². The summed E-state index contributed by atoms with van der Waals surface area (Å²) in [6.45, 7) is 8.22. The average Bonchev–Trinajstić information content (AvgIpc) is 2.56. The number of carbonyl (C=O) groups is 1. The van der Waals surface area contributed by atoms with Gasteiger partial charge in [-0.2, -0.15) is 5.10 Å². The number of hydrogen-bond acceptors (Lipinski definition) is 2. The van der Waals surface area contributed by atoms with E-state index < -0.39 is 0 Å². The molecule has 0 saturated carbocycles. The Kier molecular flexibility index (Phi) is 3.63. The van der Waals surface area contributed by atoms with Gasteiger partial charge in [-0.1, -0.05) is 6.08 Å². The first-order chi connectivity index (χ1) is 6.69. The maximum absolute atomic E-state index is 11.7. The summed E-state index contributed by atoms with van der Waals surface area (Å²) >= 11 is 0. The lowest BCUT2D eigenvalue weighted by Gasteiger charge is -2.01. The van der Waals surface area contributed by atoms with Gasteiger partial charge in [-0.15, -0.1) is 6.58 Å².